The lowest BCUT2D eigenvalue weighted by Crippen LogP contribution is -2.41. The van der Waals surface area contributed by atoms with Crippen LogP contribution in [0.3, 0.4) is 0 Å². The van der Waals surface area contributed by atoms with E-state index in [9.17, 15) is 4.79 Å². The first kappa shape index (κ1) is 17.4. The molecule has 1 aromatic heterocycles. The number of aliphatic hydroxyl groups excluding tert-OH is 1. The maximum atomic E-state index is 11.7. The van der Waals surface area contributed by atoms with E-state index in [4.69, 9.17) is 5.11 Å². The first-order valence-corrected chi connectivity index (χ1v) is 8.72. The van der Waals surface area contributed by atoms with Gasteiger partial charge in [-0.3, -0.25) is 0 Å². The third-order valence-electron chi connectivity index (χ3n) is 3.41. The molecule has 6 heteroatoms. The van der Waals surface area contributed by atoms with Crippen molar-refractivity contribution in [3.05, 3.63) is 41.4 Å². The van der Waals surface area contributed by atoms with Crippen molar-refractivity contribution in [3.8, 4) is 10.6 Å². The van der Waals surface area contributed by atoms with Gasteiger partial charge in [-0.15, -0.1) is 11.3 Å². The fourth-order valence-electron chi connectivity index (χ4n) is 2.18. The summed E-state index contributed by atoms with van der Waals surface area (Å²) in [5, 5.41) is 17.5. The number of thiazole rings is 1. The second kappa shape index (κ2) is 9.27. The summed E-state index contributed by atoms with van der Waals surface area (Å²) < 4.78 is 0. The summed E-state index contributed by atoms with van der Waals surface area (Å²) in [4.78, 5) is 16.3. The number of rotatable bonds is 8. The van der Waals surface area contributed by atoms with E-state index in [-0.39, 0.29) is 18.7 Å². The summed E-state index contributed by atoms with van der Waals surface area (Å²) in [6.07, 6.45) is 2.18. The van der Waals surface area contributed by atoms with Crippen molar-refractivity contribution in [2.24, 2.45) is 0 Å². The van der Waals surface area contributed by atoms with Crippen LogP contribution < -0.4 is 10.6 Å². The minimum atomic E-state index is -0.172. The number of amides is 2. The van der Waals surface area contributed by atoms with Crippen LogP contribution in [-0.2, 0) is 6.42 Å². The van der Waals surface area contributed by atoms with Gasteiger partial charge in [0.2, 0.25) is 0 Å². The fraction of sp³-hybridized carbons (Fsp3) is 0.412. The minimum Gasteiger partial charge on any atom is -0.396 e. The zero-order valence-electron chi connectivity index (χ0n) is 13.3. The van der Waals surface area contributed by atoms with E-state index in [0.717, 1.165) is 22.7 Å². The highest BCUT2D eigenvalue weighted by molar-refractivity contribution is 7.13. The van der Waals surface area contributed by atoms with Gasteiger partial charge in [-0.2, -0.15) is 0 Å². The van der Waals surface area contributed by atoms with Gasteiger partial charge in [0.25, 0.3) is 0 Å². The predicted octanol–water partition coefficient (Wildman–Crippen LogP) is 2.81. The molecule has 1 unspecified atom stereocenters. The van der Waals surface area contributed by atoms with E-state index in [2.05, 4.69) is 15.6 Å². The number of hydrogen-bond acceptors (Lipinski definition) is 4. The molecule has 2 aromatic rings. The summed E-state index contributed by atoms with van der Waals surface area (Å²) >= 11 is 1.62. The van der Waals surface area contributed by atoms with Crippen molar-refractivity contribution >= 4 is 17.4 Å². The number of benzene rings is 1. The number of carbonyl (C=O) groups is 1. The number of nitrogens with one attached hydrogen (secondary N) is 2. The summed E-state index contributed by atoms with van der Waals surface area (Å²) in [6.45, 7) is 2.64. The second-order valence-corrected chi connectivity index (χ2v) is 6.29. The first-order chi connectivity index (χ1) is 11.2. The van der Waals surface area contributed by atoms with Gasteiger partial charge in [-0.1, -0.05) is 30.3 Å². The van der Waals surface area contributed by atoms with Crippen LogP contribution in [0.1, 0.15) is 25.5 Å². The number of hydrogen-bond donors (Lipinski definition) is 3. The lowest BCUT2D eigenvalue weighted by atomic mass is 10.2. The molecule has 23 heavy (non-hydrogen) atoms. The Morgan fingerprint density at radius 2 is 2.13 bits per heavy atom. The van der Waals surface area contributed by atoms with Crippen LogP contribution in [-0.4, -0.2) is 35.3 Å². The van der Waals surface area contributed by atoms with Crippen LogP contribution in [0.25, 0.3) is 10.6 Å². The summed E-state index contributed by atoms with van der Waals surface area (Å²) in [5.41, 5.74) is 2.11. The number of nitrogens with zero attached hydrogens (tertiary/aromatic N) is 1. The molecule has 2 rings (SSSR count). The van der Waals surface area contributed by atoms with Gasteiger partial charge in [-0.05, 0) is 19.8 Å². The molecule has 1 heterocycles. The topological polar surface area (TPSA) is 74.2 Å². The standard InChI is InChI=1S/C17H23N3O2S/c1-13(6-5-11-21)19-17(22)18-10-9-15-12-23-16(20-15)14-7-3-2-4-8-14/h2-4,7-8,12-13,21H,5-6,9-11H2,1H3,(H2,18,19,22). The van der Waals surface area contributed by atoms with Crippen molar-refractivity contribution in [1.29, 1.82) is 0 Å². The Hall–Kier alpha value is -1.92. The van der Waals surface area contributed by atoms with Gasteiger partial charge < -0.3 is 15.7 Å². The Bertz CT molecular complexity index is 601. The molecule has 0 aliphatic carbocycles. The third-order valence-corrected chi connectivity index (χ3v) is 4.35. The average Bonchev–Trinajstić information content (AvgIpc) is 3.02. The van der Waals surface area contributed by atoms with Crippen molar-refractivity contribution in [1.82, 2.24) is 15.6 Å². The normalized spacial score (nSPS) is 11.9. The molecular formula is C17H23N3O2S. The first-order valence-electron chi connectivity index (χ1n) is 7.84. The molecule has 0 spiro atoms. The molecule has 0 fully saturated rings. The number of carbonyl (C=O) groups excluding carboxylic acids is 1. The van der Waals surface area contributed by atoms with Crippen LogP contribution in [0.4, 0.5) is 4.79 Å². The monoisotopic (exact) mass is 333 g/mol. The molecule has 0 aliphatic heterocycles. The van der Waals surface area contributed by atoms with Gasteiger partial charge in [0.05, 0.1) is 5.69 Å². The SMILES string of the molecule is CC(CCCO)NC(=O)NCCc1csc(-c2ccccc2)n1. The molecule has 3 N–H and O–H groups in total. The van der Waals surface area contributed by atoms with Gasteiger partial charge >= 0.3 is 6.03 Å². The van der Waals surface area contributed by atoms with E-state index in [1.54, 1.807) is 11.3 Å². The highest BCUT2D eigenvalue weighted by Gasteiger charge is 2.07. The summed E-state index contributed by atoms with van der Waals surface area (Å²) in [6, 6.07) is 9.97. The van der Waals surface area contributed by atoms with E-state index >= 15 is 0 Å². The summed E-state index contributed by atoms with van der Waals surface area (Å²) in [7, 11) is 0. The third kappa shape index (κ3) is 6.00. The molecule has 0 bridgehead atoms. The molecule has 5 nitrogen and oxygen atoms in total. The van der Waals surface area contributed by atoms with Crippen molar-refractivity contribution in [2.75, 3.05) is 13.2 Å². The number of urea groups is 1. The highest BCUT2D eigenvalue weighted by Crippen LogP contribution is 2.23. The van der Waals surface area contributed by atoms with Crippen LogP contribution in [0.15, 0.2) is 35.7 Å². The highest BCUT2D eigenvalue weighted by atomic mass is 32.1. The lowest BCUT2D eigenvalue weighted by molar-refractivity contribution is 0.234. The van der Waals surface area contributed by atoms with Crippen LogP contribution >= 0.6 is 11.3 Å². The van der Waals surface area contributed by atoms with E-state index in [1.807, 2.05) is 42.6 Å². The predicted molar refractivity (Wildman–Crippen MR) is 93.6 cm³/mol. The van der Waals surface area contributed by atoms with Crippen molar-refractivity contribution < 1.29 is 9.90 Å². The maximum Gasteiger partial charge on any atom is 0.315 e. The Balaban J connectivity index is 1.72. The van der Waals surface area contributed by atoms with E-state index in [0.29, 0.717) is 19.4 Å². The largest absolute Gasteiger partial charge is 0.396 e. The molecular weight excluding hydrogens is 310 g/mol. The second-order valence-electron chi connectivity index (χ2n) is 5.43. The minimum absolute atomic E-state index is 0.0612. The molecule has 2 amide bonds. The molecule has 1 aromatic carbocycles. The smallest absolute Gasteiger partial charge is 0.315 e. The quantitative estimate of drug-likeness (QED) is 0.695. The molecule has 0 saturated heterocycles. The van der Waals surface area contributed by atoms with E-state index in [1.165, 1.54) is 0 Å². The number of aromatic nitrogens is 1. The van der Waals surface area contributed by atoms with E-state index < -0.39 is 0 Å². The molecule has 0 radical (unpaired) electrons. The van der Waals surface area contributed by atoms with Crippen LogP contribution in [0.2, 0.25) is 0 Å². The van der Waals surface area contributed by atoms with Crippen LogP contribution in [0.5, 0.6) is 0 Å². The summed E-state index contributed by atoms with van der Waals surface area (Å²) in [5.74, 6) is 0. The lowest BCUT2D eigenvalue weighted by Gasteiger charge is -2.13. The Morgan fingerprint density at radius 1 is 1.35 bits per heavy atom. The van der Waals surface area contributed by atoms with Gasteiger partial charge in [0, 0.05) is 36.6 Å². The number of aliphatic hydroxyl groups is 1. The molecule has 0 saturated carbocycles. The average molecular weight is 333 g/mol. The maximum absolute atomic E-state index is 11.7. The zero-order valence-corrected chi connectivity index (χ0v) is 14.1. The van der Waals surface area contributed by atoms with Gasteiger partial charge in [0.15, 0.2) is 0 Å². The molecule has 124 valence electrons. The molecule has 0 aliphatic rings. The van der Waals surface area contributed by atoms with Crippen molar-refractivity contribution in [3.63, 3.8) is 0 Å². The Kier molecular flexibility index (Phi) is 7.03. The zero-order chi connectivity index (χ0) is 16.5. The molecule has 1 atom stereocenters. The Labute approximate surface area is 140 Å². The van der Waals surface area contributed by atoms with Gasteiger partial charge in [-0.25, -0.2) is 9.78 Å². The fourth-order valence-corrected chi connectivity index (χ4v) is 3.04. The Morgan fingerprint density at radius 3 is 2.87 bits per heavy atom. The van der Waals surface area contributed by atoms with Gasteiger partial charge in [0.1, 0.15) is 5.01 Å². The van der Waals surface area contributed by atoms with Crippen molar-refractivity contribution in [2.45, 2.75) is 32.2 Å². The van der Waals surface area contributed by atoms with Crippen LogP contribution in [0, 0.1) is 0 Å².